The molecular formula is C23H26F2N6O4S. The van der Waals surface area contributed by atoms with Crippen molar-refractivity contribution < 1.29 is 26.7 Å². The van der Waals surface area contributed by atoms with Gasteiger partial charge in [-0.15, -0.1) is 0 Å². The van der Waals surface area contributed by atoms with E-state index in [1.807, 2.05) is 29.2 Å². The molecule has 3 aromatic rings. The number of ether oxygens (including phenoxy) is 2. The third-order valence-electron chi connectivity index (χ3n) is 6.32. The minimum absolute atomic E-state index is 0.0483. The van der Waals surface area contributed by atoms with Gasteiger partial charge in [0, 0.05) is 62.7 Å². The number of pyridine rings is 1. The van der Waals surface area contributed by atoms with Gasteiger partial charge in [-0.1, -0.05) is 12.1 Å². The van der Waals surface area contributed by atoms with Crippen LogP contribution in [0.4, 0.5) is 14.5 Å². The largest absolute Gasteiger partial charge is 0.473 e. The van der Waals surface area contributed by atoms with Crippen LogP contribution in [-0.2, 0) is 14.9 Å². The van der Waals surface area contributed by atoms with E-state index in [1.54, 1.807) is 12.3 Å². The number of morpholine rings is 1. The average molecular weight is 521 g/mol. The highest BCUT2D eigenvalue weighted by Gasteiger charge is 2.34. The molecule has 0 saturated carbocycles. The summed E-state index contributed by atoms with van der Waals surface area (Å²) in [6, 6.07) is 9.33. The Morgan fingerprint density at radius 1 is 1.11 bits per heavy atom. The standard InChI is InChI=1S/C23H26F2N6O4S/c24-23(25)5-9-30(10-6-23)17-3-1-16(2-4-17)19-13-20-21(28-8-7-27-20)22(29-19)35-15-18-14-31(11-12-34-18)36(26,32)33/h1-4,7-8,13,18H,5-6,9-12,14-15H2,(H2,26,32,33). The molecule has 36 heavy (non-hydrogen) atoms. The van der Waals surface area contributed by atoms with E-state index in [2.05, 4.69) is 15.0 Å². The van der Waals surface area contributed by atoms with E-state index in [-0.39, 0.29) is 45.0 Å². The Bertz CT molecular complexity index is 1330. The fourth-order valence-corrected chi connectivity index (χ4v) is 5.03. The van der Waals surface area contributed by atoms with Gasteiger partial charge in [0.05, 0.1) is 17.8 Å². The number of alkyl halides is 2. The lowest BCUT2D eigenvalue weighted by molar-refractivity contribution is -0.0254. The summed E-state index contributed by atoms with van der Waals surface area (Å²) in [7, 11) is -3.82. The van der Waals surface area contributed by atoms with Crippen molar-refractivity contribution in [3.8, 4) is 17.1 Å². The Balaban J connectivity index is 1.35. The number of nitrogens with zero attached hydrogens (tertiary/aromatic N) is 5. The number of benzene rings is 1. The van der Waals surface area contributed by atoms with Crippen molar-refractivity contribution in [2.45, 2.75) is 24.9 Å². The van der Waals surface area contributed by atoms with Crippen LogP contribution in [0.3, 0.4) is 0 Å². The van der Waals surface area contributed by atoms with E-state index in [0.717, 1.165) is 15.6 Å². The first-order valence-electron chi connectivity index (χ1n) is 11.6. The minimum Gasteiger partial charge on any atom is -0.473 e. The molecule has 0 aliphatic carbocycles. The third-order valence-corrected chi connectivity index (χ3v) is 7.37. The quantitative estimate of drug-likeness (QED) is 0.525. The number of piperidine rings is 1. The molecule has 4 heterocycles. The highest BCUT2D eigenvalue weighted by Crippen LogP contribution is 2.32. The monoisotopic (exact) mass is 520 g/mol. The molecule has 5 rings (SSSR count). The second-order valence-corrected chi connectivity index (χ2v) is 10.4. The lowest BCUT2D eigenvalue weighted by atomic mass is 10.0. The minimum atomic E-state index is -3.82. The molecule has 1 atom stereocenters. The molecule has 0 bridgehead atoms. The first kappa shape index (κ1) is 24.7. The van der Waals surface area contributed by atoms with Gasteiger partial charge in [0.25, 0.3) is 16.1 Å². The third kappa shape index (κ3) is 5.53. The second-order valence-electron chi connectivity index (χ2n) is 8.83. The molecule has 2 fully saturated rings. The Hall–Kier alpha value is -3.00. The zero-order valence-corrected chi connectivity index (χ0v) is 20.2. The van der Waals surface area contributed by atoms with Crippen LogP contribution < -0.4 is 14.8 Å². The molecule has 0 amide bonds. The number of fused-ring (bicyclic) bond motifs is 1. The van der Waals surface area contributed by atoms with Gasteiger partial charge < -0.3 is 14.4 Å². The van der Waals surface area contributed by atoms with Crippen LogP contribution in [0.1, 0.15) is 12.8 Å². The van der Waals surface area contributed by atoms with Crippen molar-refractivity contribution in [1.29, 1.82) is 0 Å². The lowest BCUT2D eigenvalue weighted by Crippen LogP contribution is -2.49. The maximum atomic E-state index is 13.5. The zero-order chi connectivity index (χ0) is 25.3. The molecule has 1 aromatic carbocycles. The van der Waals surface area contributed by atoms with Gasteiger partial charge in [0.2, 0.25) is 5.88 Å². The van der Waals surface area contributed by atoms with Gasteiger partial charge >= 0.3 is 0 Å². The summed E-state index contributed by atoms with van der Waals surface area (Å²) in [6.45, 7) is 1.13. The highest BCUT2D eigenvalue weighted by molar-refractivity contribution is 7.86. The summed E-state index contributed by atoms with van der Waals surface area (Å²) in [5, 5.41) is 5.24. The first-order chi connectivity index (χ1) is 17.2. The normalized spacial score (nSPS) is 21.0. The van der Waals surface area contributed by atoms with Gasteiger partial charge in [0.1, 0.15) is 12.7 Å². The predicted molar refractivity (Wildman–Crippen MR) is 129 cm³/mol. The van der Waals surface area contributed by atoms with Gasteiger partial charge in [0.15, 0.2) is 5.52 Å². The van der Waals surface area contributed by atoms with E-state index < -0.39 is 22.2 Å². The van der Waals surface area contributed by atoms with E-state index >= 15 is 0 Å². The molecule has 2 saturated heterocycles. The molecule has 192 valence electrons. The summed E-state index contributed by atoms with van der Waals surface area (Å²) in [5.74, 6) is -2.35. The second kappa shape index (κ2) is 9.81. The van der Waals surface area contributed by atoms with Crippen LogP contribution in [0.5, 0.6) is 5.88 Å². The van der Waals surface area contributed by atoms with Crippen molar-refractivity contribution >= 4 is 26.9 Å². The van der Waals surface area contributed by atoms with Crippen molar-refractivity contribution in [3.05, 3.63) is 42.7 Å². The topological polar surface area (TPSA) is 124 Å². The smallest absolute Gasteiger partial charge is 0.277 e. The molecule has 2 aliphatic heterocycles. The molecule has 2 N–H and O–H groups in total. The van der Waals surface area contributed by atoms with Crippen LogP contribution in [0, 0.1) is 0 Å². The summed E-state index contributed by atoms with van der Waals surface area (Å²) >= 11 is 0. The summed E-state index contributed by atoms with van der Waals surface area (Å²) in [5.41, 5.74) is 3.32. The number of hydrogen-bond donors (Lipinski definition) is 1. The molecule has 2 aromatic heterocycles. The Morgan fingerprint density at radius 3 is 2.56 bits per heavy atom. The molecule has 1 unspecified atom stereocenters. The molecular weight excluding hydrogens is 494 g/mol. The molecule has 2 aliphatic rings. The molecule has 0 spiro atoms. The SMILES string of the molecule is NS(=O)(=O)N1CCOC(COc2nc(-c3ccc(N4CCC(F)(F)CC4)cc3)cc3nccnc23)C1. The van der Waals surface area contributed by atoms with E-state index in [9.17, 15) is 17.2 Å². The average Bonchev–Trinajstić information content (AvgIpc) is 2.87. The number of rotatable bonds is 6. The van der Waals surface area contributed by atoms with E-state index in [0.29, 0.717) is 29.8 Å². The zero-order valence-electron chi connectivity index (χ0n) is 19.4. The number of hydrogen-bond acceptors (Lipinski definition) is 8. The van der Waals surface area contributed by atoms with Crippen molar-refractivity contribution in [1.82, 2.24) is 19.3 Å². The van der Waals surface area contributed by atoms with Crippen LogP contribution in [0.2, 0.25) is 0 Å². The highest BCUT2D eigenvalue weighted by atomic mass is 32.2. The van der Waals surface area contributed by atoms with E-state index in [4.69, 9.17) is 14.6 Å². The molecule has 13 heteroatoms. The van der Waals surface area contributed by atoms with Crippen LogP contribution >= 0.6 is 0 Å². The fourth-order valence-electron chi connectivity index (χ4n) is 4.32. The van der Waals surface area contributed by atoms with Crippen LogP contribution in [0.25, 0.3) is 22.3 Å². The first-order valence-corrected chi connectivity index (χ1v) is 13.1. The number of anilines is 1. The number of aromatic nitrogens is 3. The Morgan fingerprint density at radius 2 is 1.83 bits per heavy atom. The summed E-state index contributed by atoms with van der Waals surface area (Å²) < 4.78 is 63.1. The number of nitrogens with two attached hydrogens (primary N) is 1. The molecule has 10 nitrogen and oxygen atoms in total. The summed E-state index contributed by atoms with van der Waals surface area (Å²) in [6.07, 6.45) is 2.28. The van der Waals surface area contributed by atoms with Crippen molar-refractivity contribution in [2.75, 3.05) is 44.3 Å². The lowest BCUT2D eigenvalue weighted by Gasteiger charge is -2.33. The van der Waals surface area contributed by atoms with Gasteiger partial charge in [-0.05, 0) is 18.2 Å². The van der Waals surface area contributed by atoms with Crippen molar-refractivity contribution in [2.24, 2.45) is 5.14 Å². The molecule has 0 radical (unpaired) electrons. The van der Waals surface area contributed by atoms with Gasteiger partial charge in [-0.25, -0.2) is 23.9 Å². The van der Waals surface area contributed by atoms with E-state index in [1.165, 1.54) is 6.20 Å². The van der Waals surface area contributed by atoms with Crippen molar-refractivity contribution in [3.63, 3.8) is 0 Å². The Kier molecular flexibility index (Phi) is 6.72. The van der Waals surface area contributed by atoms with Gasteiger partial charge in [-0.2, -0.15) is 12.7 Å². The maximum absolute atomic E-state index is 13.5. The maximum Gasteiger partial charge on any atom is 0.277 e. The number of halogens is 2. The van der Waals surface area contributed by atoms with Gasteiger partial charge in [-0.3, -0.25) is 4.98 Å². The van der Waals surface area contributed by atoms with Crippen LogP contribution in [0.15, 0.2) is 42.7 Å². The van der Waals surface area contributed by atoms with Crippen LogP contribution in [-0.4, -0.2) is 79.1 Å². The Labute approximate surface area is 207 Å². The predicted octanol–water partition coefficient (Wildman–Crippen LogP) is 2.21. The fraction of sp³-hybridized carbons (Fsp3) is 0.435. The summed E-state index contributed by atoms with van der Waals surface area (Å²) in [4.78, 5) is 15.3.